The van der Waals surface area contributed by atoms with E-state index >= 15 is 0 Å². The van der Waals surface area contributed by atoms with Crippen LogP contribution < -0.4 is 15.4 Å². The molecule has 19 heavy (non-hydrogen) atoms. The Morgan fingerprint density at radius 3 is 2.89 bits per heavy atom. The summed E-state index contributed by atoms with van der Waals surface area (Å²) in [4.78, 5) is 2.24. The van der Waals surface area contributed by atoms with E-state index in [-0.39, 0.29) is 5.75 Å². The monoisotopic (exact) mass is 256 g/mol. The fraction of sp³-hybridized carbons (Fsp3) is 0.200. The van der Waals surface area contributed by atoms with Gasteiger partial charge in [0.2, 0.25) is 0 Å². The lowest BCUT2D eigenvalue weighted by atomic mass is 10.1. The van der Waals surface area contributed by atoms with Crippen LogP contribution in [0.25, 0.3) is 0 Å². The minimum absolute atomic E-state index is 0.138. The average Bonchev–Trinajstić information content (AvgIpc) is 2.43. The Morgan fingerprint density at radius 2 is 2.05 bits per heavy atom. The lowest BCUT2D eigenvalue weighted by molar-refractivity contribution is 0.307. The molecule has 0 radical (unpaired) electrons. The van der Waals surface area contributed by atoms with Crippen molar-refractivity contribution >= 4 is 11.4 Å². The van der Waals surface area contributed by atoms with Gasteiger partial charge in [0.15, 0.2) is 0 Å². The number of hydrogen-bond acceptors (Lipinski definition) is 4. The molecule has 0 fully saturated rings. The highest BCUT2D eigenvalue weighted by Gasteiger charge is 2.17. The zero-order valence-electron chi connectivity index (χ0n) is 10.5. The number of benzene rings is 2. The normalized spacial score (nSPS) is 13.8. The molecule has 0 aliphatic carbocycles. The molecule has 1 heterocycles. The maximum atomic E-state index is 9.66. The Balaban J connectivity index is 1.86. The predicted octanol–water partition coefficient (Wildman–Crippen LogP) is 2.37. The zero-order valence-corrected chi connectivity index (χ0v) is 10.5. The standard InChI is InChI=1S/C15H16N2O2/c16-12-6-5-11(9-14(12)18)10-17-7-8-19-15-4-2-1-3-13(15)17/h1-6,9,18H,7-8,10,16H2. The smallest absolute Gasteiger partial charge is 0.142 e. The van der Waals surface area contributed by atoms with Gasteiger partial charge in [0.1, 0.15) is 18.1 Å². The molecule has 3 N–H and O–H groups in total. The summed E-state index contributed by atoms with van der Waals surface area (Å²) in [5.41, 5.74) is 8.14. The van der Waals surface area contributed by atoms with E-state index in [1.54, 1.807) is 12.1 Å². The van der Waals surface area contributed by atoms with Gasteiger partial charge in [-0.1, -0.05) is 18.2 Å². The van der Waals surface area contributed by atoms with Crippen LogP contribution in [0.4, 0.5) is 11.4 Å². The molecular weight excluding hydrogens is 240 g/mol. The first-order chi connectivity index (χ1) is 9.24. The van der Waals surface area contributed by atoms with Gasteiger partial charge < -0.3 is 20.5 Å². The number of phenols is 1. The molecule has 98 valence electrons. The van der Waals surface area contributed by atoms with E-state index in [4.69, 9.17) is 10.5 Å². The molecule has 1 aliphatic heterocycles. The van der Waals surface area contributed by atoms with Gasteiger partial charge >= 0.3 is 0 Å². The Hall–Kier alpha value is -2.36. The van der Waals surface area contributed by atoms with Crippen LogP contribution in [0.15, 0.2) is 42.5 Å². The summed E-state index contributed by atoms with van der Waals surface area (Å²) in [5.74, 6) is 1.05. The minimum atomic E-state index is 0.138. The highest BCUT2D eigenvalue weighted by atomic mass is 16.5. The summed E-state index contributed by atoms with van der Waals surface area (Å²) in [6.45, 7) is 2.24. The number of phenolic OH excluding ortho intramolecular Hbond substituents is 1. The Labute approximate surface area is 112 Å². The van der Waals surface area contributed by atoms with Crippen LogP contribution in [0.3, 0.4) is 0 Å². The van der Waals surface area contributed by atoms with Crippen LogP contribution in [-0.4, -0.2) is 18.3 Å². The molecule has 0 aromatic heterocycles. The lowest BCUT2D eigenvalue weighted by Crippen LogP contribution is -2.32. The van der Waals surface area contributed by atoms with Crippen molar-refractivity contribution in [1.82, 2.24) is 0 Å². The van der Waals surface area contributed by atoms with Crippen molar-refractivity contribution in [2.45, 2.75) is 6.54 Å². The Bertz CT molecular complexity index is 598. The van der Waals surface area contributed by atoms with Crippen molar-refractivity contribution in [3.63, 3.8) is 0 Å². The molecule has 2 aromatic carbocycles. The van der Waals surface area contributed by atoms with Gasteiger partial charge in [0.05, 0.1) is 17.9 Å². The van der Waals surface area contributed by atoms with Crippen molar-refractivity contribution in [2.24, 2.45) is 0 Å². The van der Waals surface area contributed by atoms with E-state index in [2.05, 4.69) is 4.90 Å². The highest BCUT2D eigenvalue weighted by molar-refractivity contribution is 5.60. The van der Waals surface area contributed by atoms with Crippen LogP contribution >= 0.6 is 0 Å². The van der Waals surface area contributed by atoms with Crippen LogP contribution in [0, 0.1) is 0 Å². The number of aromatic hydroxyl groups is 1. The van der Waals surface area contributed by atoms with Gasteiger partial charge in [0, 0.05) is 6.54 Å². The Morgan fingerprint density at radius 1 is 1.21 bits per heavy atom. The fourth-order valence-corrected chi connectivity index (χ4v) is 2.30. The van der Waals surface area contributed by atoms with E-state index < -0.39 is 0 Å². The number of ether oxygens (including phenoxy) is 1. The van der Waals surface area contributed by atoms with Crippen LogP contribution in [-0.2, 0) is 6.54 Å². The second-order valence-electron chi connectivity index (χ2n) is 4.63. The van der Waals surface area contributed by atoms with Crippen LogP contribution in [0.2, 0.25) is 0 Å². The number of nitrogen functional groups attached to an aromatic ring is 1. The van der Waals surface area contributed by atoms with Gasteiger partial charge in [0.25, 0.3) is 0 Å². The summed E-state index contributed by atoms with van der Waals surface area (Å²) >= 11 is 0. The molecule has 0 saturated heterocycles. The van der Waals surface area contributed by atoms with Crippen molar-refractivity contribution < 1.29 is 9.84 Å². The highest BCUT2D eigenvalue weighted by Crippen LogP contribution is 2.32. The van der Waals surface area contributed by atoms with Gasteiger partial charge in [-0.25, -0.2) is 0 Å². The van der Waals surface area contributed by atoms with Gasteiger partial charge in [-0.05, 0) is 29.8 Å². The van der Waals surface area contributed by atoms with E-state index in [0.717, 1.165) is 30.1 Å². The molecule has 0 atom stereocenters. The quantitative estimate of drug-likeness (QED) is 0.639. The number of para-hydroxylation sites is 2. The molecule has 0 amide bonds. The third-order valence-corrected chi connectivity index (χ3v) is 3.29. The predicted molar refractivity (Wildman–Crippen MR) is 75.5 cm³/mol. The van der Waals surface area contributed by atoms with Crippen molar-refractivity contribution in [3.05, 3.63) is 48.0 Å². The molecule has 3 rings (SSSR count). The summed E-state index contributed by atoms with van der Waals surface area (Å²) in [6, 6.07) is 13.4. The second-order valence-corrected chi connectivity index (χ2v) is 4.63. The third kappa shape index (κ3) is 2.29. The van der Waals surface area contributed by atoms with Gasteiger partial charge in [-0.15, -0.1) is 0 Å². The first-order valence-corrected chi connectivity index (χ1v) is 6.28. The molecule has 0 bridgehead atoms. The number of rotatable bonds is 2. The number of hydrogen-bond donors (Lipinski definition) is 2. The topological polar surface area (TPSA) is 58.7 Å². The molecular formula is C15H16N2O2. The zero-order chi connectivity index (χ0) is 13.2. The van der Waals surface area contributed by atoms with Gasteiger partial charge in [-0.2, -0.15) is 0 Å². The summed E-state index contributed by atoms with van der Waals surface area (Å²) in [6.07, 6.45) is 0. The molecule has 4 nitrogen and oxygen atoms in total. The maximum absolute atomic E-state index is 9.66. The lowest BCUT2D eigenvalue weighted by Gasteiger charge is -2.31. The number of fused-ring (bicyclic) bond motifs is 1. The average molecular weight is 256 g/mol. The molecule has 2 aromatic rings. The number of nitrogens with zero attached hydrogens (tertiary/aromatic N) is 1. The fourth-order valence-electron chi connectivity index (χ4n) is 2.30. The molecule has 0 spiro atoms. The van der Waals surface area contributed by atoms with Crippen molar-refractivity contribution in [1.29, 1.82) is 0 Å². The summed E-state index contributed by atoms with van der Waals surface area (Å²) < 4.78 is 5.62. The van der Waals surface area contributed by atoms with Crippen LogP contribution in [0.1, 0.15) is 5.56 Å². The number of anilines is 2. The van der Waals surface area contributed by atoms with E-state index in [1.807, 2.05) is 30.3 Å². The molecule has 0 saturated carbocycles. The first-order valence-electron chi connectivity index (χ1n) is 6.28. The Kier molecular flexibility index (Phi) is 2.91. The second kappa shape index (κ2) is 4.72. The third-order valence-electron chi connectivity index (χ3n) is 3.29. The molecule has 0 unspecified atom stereocenters. The van der Waals surface area contributed by atoms with Crippen molar-refractivity contribution in [3.8, 4) is 11.5 Å². The SMILES string of the molecule is Nc1ccc(CN2CCOc3ccccc32)cc1O. The summed E-state index contributed by atoms with van der Waals surface area (Å²) in [7, 11) is 0. The summed E-state index contributed by atoms with van der Waals surface area (Å²) in [5, 5.41) is 9.66. The van der Waals surface area contributed by atoms with Gasteiger partial charge in [-0.3, -0.25) is 0 Å². The van der Waals surface area contributed by atoms with E-state index in [9.17, 15) is 5.11 Å². The van der Waals surface area contributed by atoms with Crippen LogP contribution in [0.5, 0.6) is 11.5 Å². The van der Waals surface area contributed by atoms with E-state index in [0.29, 0.717) is 12.3 Å². The largest absolute Gasteiger partial charge is 0.506 e. The maximum Gasteiger partial charge on any atom is 0.142 e. The number of nitrogens with two attached hydrogens (primary N) is 1. The van der Waals surface area contributed by atoms with Crippen molar-refractivity contribution in [2.75, 3.05) is 23.8 Å². The van der Waals surface area contributed by atoms with E-state index in [1.165, 1.54) is 0 Å². The first kappa shape index (κ1) is 11.7. The molecule has 4 heteroatoms. The minimum Gasteiger partial charge on any atom is -0.506 e. The molecule has 1 aliphatic rings.